The number of aromatic nitrogens is 1. The summed E-state index contributed by atoms with van der Waals surface area (Å²) in [6.07, 6.45) is 2.51. The zero-order valence-electron chi connectivity index (χ0n) is 19.1. The van der Waals surface area contributed by atoms with Crippen molar-refractivity contribution in [2.75, 3.05) is 20.2 Å². The highest BCUT2D eigenvalue weighted by molar-refractivity contribution is 5.77. The van der Waals surface area contributed by atoms with Gasteiger partial charge in [-0.15, -0.1) is 0 Å². The Bertz CT molecular complexity index is 1230. The molecule has 3 aromatic rings. The molecule has 0 saturated carbocycles. The van der Waals surface area contributed by atoms with Crippen LogP contribution in [0.1, 0.15) is 31.2 Å². The number of likely N-dealkylation sites (tertiary alicyclic amines) is 1. The average molecular weight is 469 g/mol. The first-order valence-electron chi connectivity index (χ1n) is 11.4. The molecule has 2 aromatic carbocycles. The molecule has 10 nitrogen and oxygen atoms in total. The third-order valence-electron chi connectivity index (χ3n) is 6.19. The van der Waals surface area contributed by atoms with Crippen LogP contribution in [0.5, 0.6) is 5.75 Å². The predicted octanol–water partition coefficient (Wildman–Crippen LogP) is 3.07. The molecule has 1 aliphatic heterocycles. The molecule has 0 radical (unpaired) electrons. The van der Waals surface area contributed by atoms with Crippen molar-refractivity contribution in [3.8, 4) is 5.75 Å². The van der Waals surface area contributed by atoms with Crippen LogP contribution in [0.25, 0.3) is 11.1 Å². The van der Waals surface area contributed by atoms with E-state index in [2.05, 4.69) is 16.3 Å². The normalized spacial score (nSPS) is 14.9. The van der Waals surface area contributed by atoms with E-state index in [1.165, 1.54) is 22.8 Å². The molecule has 0 spiro atoms. The second-order valence-electron chi connectivity index (χ2n) is 8.46. The van der Waals surface area contributed by atoms with Crippen molar-refractivity contribution in [1.82, 2.24) is 14.8 Å². The summed E-state index contributed by atoms with van der Waals surface area (Å²) in [7, 11) is 1.68. The number of nitrogens with one attached hydrogen (secondary N) is 1. The molecule has 1 aliphatic rings. The van der Waals surface area contributed by atoms with Crippen LogP contribution in [0.4, 0.5) is 5.69 Å². The fourth-order valence-corrected chi connectivity index (χ4v) is 4.39. The number of rotatable bonds is 9. The Kier molecular flexibility index (Phi) is 7.27. The van der Waals surface area contributed by atoms with E-state index in [0.717, 1.165) is 43.8 Å². The number of ether oxygens (including phenoxy) is 1. The van der Waals surface area contributed by atoms with E-state index < -0.39 is 10.7 Å². The highest BCUT2D eigenvalue weighted by Crippen LogP contribution is 2.22. The van der Waals surface area contributed by atoms with Gasteiger partial charge in [0.2, 0.25) is 5.91 Å². The lowest BCUT2D eigenvalue weighted by molar-refractivity contribution is -0.384. The van der Waals surface area contributed by atoms with Crippen molar-refractivity contribution in [3.05, 3.63) is 68.7 Å². The van der Waals surface area contributed by atoms with E-state index in [1.807, 2.05) is 18.2 Å². The number of fused-ring (bicyclic) bond motifs is 1. The second kappa shape index (κ2) is 10.5. The molecular formula is C24H28N4O6. The number of hydrogen-bond donors (Lipinski definition) is 1. The quantitative estimate of drug-likeness (QED) is 0.378. The molecule has 2 heterocycles. The molecule has 1 N–H and O–H groups in total. The maximum absolute atomic E-state index is 12.4. The van der Waals surface area contributed by atoms with E-state index in [1.54, 1.807) is 7.11 Å². The molecule has 180 valence electrons. The zero-order valence-corrected chi connectivity index (χ0v) is 19.1. The topological polar surface area (TPSA) is 120 Å². The number of aryl methyl sites for hydroxylation is 1. The maximum Gasteiger partial charge on any atom is 0.419 e. The molecule has 10 heteroatoms. The lowest BCUT2D eigenvalue weighted by atomic mass is 10.0. The first kappa shape index (κ1) is 23.5. The minimum atomic E-state index is -0.585. The molecule has 1 amide bonds. The standard InChI is InChI=1S/C24H28N4O6/c1-33-21-6-3-2-5-17(21)16-26-13-10-18(11-14-26)25-23(29)7-4-12-27-20-9-8-19(28(31)32)15-22(20)34-24(27)30/h2-3,5-6,8-9,15,18H,4,7,10-14,16H2,1H3,(H,25,29). The number of carbonyl (C=O) groups excluding carboxylic acids is 1. The van der Waals surface area contributed by atoms with Crippen molar-refractivity contribution < 1.29 is 18.9 Å². The first-order chi connectivity index (χ1) is 16.4. The fourth-order valence-electron chi connectivity index (χ4n) is 4.39. The van der Waals surface area contributed by atoms with E-state index >= 15 is 0 Å². The summed E-state index contributed by atoms with van der Waals surface area (Å²) in [5, 5.41) is 14.0. The molecule has 0 unspecified atom stereocenters. The molecule has 0 aliphatic carbocycles. The number of nitro benzene ring substituents is 1. The van der Waals surface area contributed by atoms with Crippen molar-refractivity contribution in [2.24, 2.45) is 0 Å². The van der Waals surface area contributed by atoms with Crippen LogP contribution in [0.3, 0.4) is 0 Å². The summed E-state index contributed by atoms with van der Waals surface area (Å²) in [4.78, 5) is 37.3. The van der Waals surface area contributed by atoms with Crippen molar-refractivity contribution >= 4 is 22.7 Å². The SMILES string of the molecule is COc1ccccc1CN1CCC(NC(=O)CCCn2c(=O)oc3cc([N+](=O)[O-])ccc32)CC1. The fraction of sp³-hybridized carbons (Fsp3) is 0.417. The molecular weight excluding hydrogens is 440 g/mol. The number of oxazole rings is 1. The van der Waals surface area contributed by atoms with Gasteiger partial charge in [0.1, 0.15) is 5.75 Å². The van der Waals surface area contributed by atoms with Crippen LogP contribution >= 0.6 is 0 Å². The first-order valence-corrected chi connectivity index (χ1v) is 11.4. The van der Waals surface area contributed by atoms with Gasteiger partial charge in [0.25, 0.3) is 5.69 Å². The van der Waals surface area contributed by atoms with Crippen LogP contribution < -0.4 is 15.8 Å². The Labute approximate surface area is 196 Å². The lowest BCUT2D eigenvalue weighted by Gasteiger charge is -2.32. The monoisotopic (exact) mass is 468 g/mol. The molecule has 4 rings (SSSR count). The van der Waals surface area contributed by atoms with E-state index in [0.29, 0.717) is 18.5 Å². The molecule has 1 fully saturated rings. The summed E-state index contributed by atoms with van der Waals surface area (Å²) in [6, 6.07) is 12.2. The van der Waals surface area contributed by atoms with Gasteiger partial charge >= 0.3 is 5.76 Å². The average Bonchev–Trinajstić information content (AvgIpc) is 3.15. The van der Waals surface area contributed by atoms with Crippen LogP contribution in [-0.4, -0.2) is 46.5 Å². The molecule has 0 bridgehead atoms. The van der Waals surface area contributed by atoms with Crippen molar-refractivity contribution in [3.63, 3.8) is 0 Å². The Morgan fingerprint density at radius 2 is 2.00 bits per heavy atom. The van der Waals surface area contributed by atoms with Gasteiger partial charge in [-0.2, -0.15) is 0 Å². The number of benzene rings is 2. The number of non-ortho nitro benzene ring substituents is 1. The zero-order chi connectivity index (χ0) is 24.1. The summed E-state index contributed by atoms with van der Waals surface area (Å²) in [6.45, 7) is 2.91. The van der Waals surface area contributed by atoms with Gasteiger partial charge in [-0.25, -0.2) is 4.79 Å². The van der Waals surface area contributed by atoms with E-state index in [9.17, 15) is 19.7 Å². The minimum Gasteiger partial charge on any atom is -0.496 e. The number of carbonyl (C=O) groups is 1. The number of piperidine rings is 1. The molecule has 34 heavy (non-hydrogen) atoms. The number of methoxy groups -OCH3 is 1. The minimum absolute atomic E-state index is 0.0420. The molecule has 0 atom stereocenters. The lowest BCUT2D eigenvalue weighted by Crippen LogP contribution is -2.44. The Morgan fingerprint density at radius 1 is 1.24 bits per heavy atom. The van der Waals surface area contributed by atoms with Crippen LogP contribution in [0.15, 0.2) is 51.7 Å². The van der Waals surface area contributed by atoms with Gasteiger partial charge in [0.05, 0.1) is 23.6 Å². The number of nitrogens with zero attached hydrogens (tertiary/aromatic N) is 3. The number of nitro groups is 1. The third kappa shape index (κ3) is 5.45. The Morgan fingerprint density at radius 3 is 2.74 bits per heavy atom. The van der Waals surface area contributed by atoms with Gasteiger partial charge in [-0.05, 0) is 31.4 Å². The maximum atomic E-state index is 12.4. The summed E-state index contributed by atoms with van der Waals surface area (Å²) < 4.78 is 12.0. The highest BCUT2D eigenvalue weighted by atomic mass is 16.6. The number of amides is 1. The van der Waals surface area contributed by atoms with Crippen LogP contribution in [0.2, 0.25) is 0 Å². The number of hydrogen-bond acceptors (Lipinski definition) is 7. The van der Waals surface area contributed by atoms with E-state index in [-0.39, 0.29) is 29.6 Å². The van der Waals surface area contributed by atoms with Gasteiger partial charge in [0.15, 0.2) is 5.58 Å². The molecule has 1 aromatic heterocycles. The third-order valence-corrected chi connectivity index (χ3v) is 6.19. The Balaban J connectivity index is 1.23. The number of para-hydroxylation sites is 1. The Hall–Kier alpha value is -3.66. The summed E-state index contributed by atoms with van der Waals surface area (Å²) in [5.41, 5.74) is 1.67. The smallest absolute Gasteiger partial charge is 0.419 e. The molecule has 1 saturated heterocycles. The van der Waals surface area contributed by atoms with Crippen LogP contribution in [0, 0.1) is 10.1 Å². The van der Waals surface area contributed by atoms with Gasteiger partial charge < -0.3 is 14.5 Å². The van der Waals surface area contributed by atoms with E-state index in [4.69, 9.17) is 9.15 Å². The van der Waals surface area contributed by atoms with Gasteiger partial charge in [-0.1, -0.05) is 18.2 Å². The largest absolute Gasteiger partial charge is 0.496 e. The van der Waals surface area contributed by atoms with Gasteiger partial charge in [0, 0.05) is 50.3 Å². The van der Waals surface area contributed by atoms with Crippen LogP contribution in [-0.2, 0) is 17.9 Å². The summed E-state index contributed by atoms with van der Waals surface area (Å²) in [5.74, 6) is 0.263. The second-order valence-corrected chi connectivity index (χ2v) is 8.46. The predicted molar refractivity (Wildman–Crippen MR) is 126 cm³/mol. The highest BCUT2D eigenvalue weighted by Gasteiger charge is 2.21. The summed E-state index contributed by atoms with van der Waals surface area (Å²) >= 11 is 0. The van der Waals surface area contributed by atoms with Crippen molar-refractivity contribution in [2.45, 2.75) is 44.8 Å². The van der Waals surface area contributed by atoms with Crippen molar-refractivity contribution in [1.29, 1.82) is 0 Å². The van der Waals surface area contributed by atoms with Gasteiger partial charge in [-0.3, -0.25) is 24.4 Å².